The molecule has 0 spiro atoms. The van der Waals surface area contributed by atoms with Gasteiger partial charge in [0.05, 0.1) is 66.7 Å². The topological polar surface area (TPSA) is 29.6 Å². The zero-order valence-electron chi connectivity index (χ0n) is 81.8. The number of fused-ring (bicyclic) bond motifs is 33. The van der Waals surface area contributed by atoms with Gasteiger partial charge in [0.2, 0.25) is 0 Å². The van der Waals surface area contributed by atoms with Gasteiger partial charge in [-0.1, -0.05) is 419 Å². The maximum Gasteiger partial charge on any atom is 0.0635 e. The lowest BCUT2D eigenvalue weighted by Crippen LogP contribution is -1.97. The third kappa shape index (κ3) is 13.7. The van der Waals surface area contributed by atoms with Crippen LogP contribution >= 0.6 is 0 Å². The molecular formula is C144H92N6. The maximum atomic E-state index is 2.49. The molecule has 0 saturated heterocycles. The molecule has 6 aromatic heterocycles. The minimum atomic E-state index is 1.15. The molecule has 0 fully saturated rings. The molecule has 32 aromatic rings. The van der Waals surface area contributed by atoms with E-state index in [1.54, 1.807) is 0 Å². The summed E-state index contributed by atoms with van der Waals surface area (Å²) < 4.78 is 14.7. The van der Waals surface area contributed by atoms with Crippen LogP contribution < -0.4 is 0 Å². The van der Waals surface area contributed by atoms with Crippen molar-refractivity contribution in [2.45, 2.75) is 0 Å². The summed E-state index contributed by atoms with van der Waals surface area (Å²) in [6.45, 7) is 0. The van der Waals surface area contributed by atoms with E-state index in [2.05, 4.69) is 586 Å². The number of hydrogen-bond donors (Lipinski definition) is 0. The predicted molar refractivity (Wildman–Crippen MR) is 638 cm³/mol. The molecule has 0 aliphatic heterocycles. The molecule has 698 valence electrons. The molecule has 6 nitrogen and oxygen atoms in total. The van der Waals surface area contributed by atoms with Crippen molar-refractivity contribution in [3.8, 4) is 90.2 Å². The lowest BCUT2D eigenvalue weighted by atomic mass is 9.92. The molecule has 0 saturated carbocycles. The highest BCUT2D eigenvalue weighted by Gasteiger charge is 2.28. The largest absolute Gasteiger partial charge is 0.309 e. The summed E-state index contributed by atoms with van der Waals surface area (Å²) in [7, 11) is 0. The monoisotopic (exact) mass is 1900 g/mol. The van der Waals surface area contributed by atoms with E-state index in [0.29, 0.717) is 0 Å². The van der Waals surface area contributed by atoms with E-state index in [0.717, 1.165) is 28.4 Å². The van der Waals surface area contributed by atoms with E-state index in [4.69, 9.17) is 0 Å². The highest BCUT2D eigenvalue weighted by atomic mass is 15.0. The lowest BCUT2D eigenvalue weighted by Gasteiger charge is -2.15. The van der Waals surface area contributed by atoms with Crippen molar-refractivity contribution in [3.05, 3.63) is 558 Å². The van der Waals surface area contributed by atoms with E-state index in [-0.39, 0.29) is 0 Å². The number of para-hydroxylation sites is 6. The van der Waals surface area contributed by atoms with E-state index >= 15 is 0 Å². The molecule has 0 aliphatic rings. The summed E-state index contributed by atoms with van der Waals surface area (Å²) in [6.07, 6.45) is 0. The fraction of sp³-hybridized carbons (Fsp3) is 0. The van der Waals surface area contributed by atoms with Crippen LogP contribution in [0, 0.1) is 0 Å². The predicted octanol–water partition coefficient (Wildman–Crippen LogP) is 38.9. The van der Waals surface area contributed by atoms with Gasteiger partial charge in [-0.25, -0.2) is 0 Å². The molecule has 0 amide bonds. The molecule has 0 N–H and O–H groups in total. The zero-order chi connectivity index (χ0) is 98.5. The van der Waals surface area contributed by atoms with Gasteiger partial charge in [0.25, 0.3) is 0 Å². The minimum absolute atomic E-state index is 1.15. The Labute approximate surface area is 864 Å². The Bertz CT molecular complexity index is 11000. The molecule has 0 atom stereocenters. The quantitative estimate of drug-likeness (QED) is 0.116. The summed E-state index contributed by atoms with van der Waals surface area (Å²) in [5, 5.41) is 34.4. The van der Waals surface area contributed by atoms with Crippen molar-refractivity contribution in [3.63, 3.8) is 0 Å². The van der Waals surface area contributed by atoms with Gasteiger partial charge in [0.15, 0.2) is 0 Å². The molecular weight excluding hydrogens is 1810 g/mol. The fourth-order valence-corrected chi connectivity index (χ4v) is 24.9. The molecule has 0 aliphatic carbocycles. The average Bonchev–Trinajstić information content (AvgIpc) is 1.54. The van der Waals surface area contributed by atoms with E-state index < -0.39 is 0 Å². The Morgan fingerprint density at radius 1 is 0.0867 bits per heavy atom. The zero-order valence-corrected chi connectivity index (χ0v) is 81.8. The second-order valence-electron chi connectivity index (χ2n) is 39.6. The number of rotatable bonds is 11. The second kappa shape index (κ2) is 35.0. The van der Waals surface area contributed by atoms with E-state index in [1.165, 1.54) is 257 Å². The van der Waals surface area contributed by atoms with Crippen molar-refractivity contribution in [1.82, 2.24) is 27.4 Å². The van der Waals surface area contributed by atoms with Gasteiger partial charge < -0.3 is 27.4 Å². The smallest absolute Gasteiger partial charge is 0.0635 e. The Morgan fingerprint density at radius 3 is 0.567 bits per heavy atom. The van der Waals surface area contributed by atoms with Crippen LogP contribution in [-0.2, 0) is 0 Å². The van der Waals surface area contributed by atoms with Crippen LogP contribution in [0.5, 0.6) is 0 Å². The third-order valence-corrected chi connectivity index (χ3v) is 31.5. The van der Waals surface area contributed by atoms with Gasteiger partial charge in [-0.3, -0.25) is 0 Å². The van der Waals surface area contributed by atoms with E-state index in [1.807, 2.05) is 0 Å². The molecule has 0 unspecified atom stereocenters. The van der Waals surface area contributed by atoms with Crippen molar-refractivity contribution in [2.24, 2.45) is 0 Å². The van der Waals surface area contributed by atoms with Gasteiger partial charge in [-0.2, -0.15) is 0 Å². The summed E-state index contributed by atoms with van der Waals surface area (Å²) in [5.74, 6) is 0. The molecule has 6 heteroatoms. The average molecular weight is 1910 g/mol. The molecule has 150 heavy (non-hydrogen) atoms. The Kier molecular flexibility index (Phi) is 20.0. The van der Waals surface area contributed by atoms with Crippen molar-refractivity contribution in [2.75, 3.05) is 0 Å². The molecule has 6 heterocycles. The molecule has 26 aromatic carbocycles. The molecule has 0 radical (unpaired) electrons. The Hall–Kier alpha value is -19.9. The van der Waals surface area contributed by atoms with Crippen LogP contribution in [-0.4, -0.2) is 27.4 Å². The SMILES string of the molecule is c1ccc(-c2cc3c(ccc4c5ccccc5n(-c5ccc(-c6ccc7c8ccccc8c8ccccc8c7c6)cc5)c43)n2-c2ccccc2)cc1.c1ccc(-c2cc3c(ccc4c5ccccc5n(-c5ccc6c7ccccc7c7ccccc7c6c5)c43)n2-c2ccccc2)cc1.c1ccc(-c2ccc3c4ccc(-n5c6ccccc6c6ccc7c(cc(-c8ccccc8)n7-c7ccccc7)c65)cc4c4ccccc4c3c2)cc1. The second-order valence-corrected chi connectivity index (χ2v) is 39.6. The summed E-state index contributed by atoms with van der Waals surface area (Å²) in [4.78, 5) is 0. The first-order valence-corrected chi connectivity index (χ1v) is 51.8. The van der Waals surface area contributed by atoms with Gasteiger partial charge in [0, 0.05) is 82.6 Å². The fourth-order valence-electron chi connectivity index (χ4n) is 24.9. The van der Waals surface area contributed by atoms with Gasteiger partial charge >= 0.3 is 0 Å². The Balaban J connectivity index is 0.000000104. The van der Waals surface area contributed by atoms with Crippen LogP contribution in [0.1, 0.15) is 0 Å². The summed E-state index contributed by atoms with van der Waals surface area (Å²) in [6, 6.07) is 204. The first-order chi connectivity index (χ1) is 74.5. The minimum Gasteiger partial charge on any atom is -0.309 e. The van der Waals surface area contributed by atoms with Crippen LogP contribution in [0.4, 0.5) is 0 Å². The van der Waals surface area contributed by atoms with Gasteiger partial charge in [-0.15, -0.1) is 0 Å². The van der Waals surface area contributed by atoms with Crippen LogP contribution in [0.2, 0.25) is 0 Å². The summed E-state index contributed by atoms with van der Waals surface area (Å²) >= 11 is 0. The normalized spacial score (nSPS) is 11.9. The molecule has 0 bridgehead atoms. The van der Waals surface area contributed by atoms with Crippen molar-refractivity contribution < 1.29 is 0 Å². The van der Waals surface area contributed by atoms with Crippen LogP contribution in [0.25, 0.3) is 285 Å². The lowest BCUT2D eigenvalue weighted by molar-refractivity contribution is 1.13. The number of aromatic nitrogens is 6. The first kappa shape index (κ1) is 85.6. The van der Waals surface area contributed by atoms with Gasteiger partial charge in [0.1, 0.15) is 0 Å². The first-order valence-electron chi connectivity index (χ1n) is 51.8. The summed E-state index contributed by atoms with van der Waals surface area (Å²) in [5.41, 5.74) is 29.8. The Morgan fingerprint density at radius 2 is 0.273 bits per heavy atom. The highest BCUT2D eigenvalue weighted by molar-refractivity contribution is 6.31. The van der Waals surface area contributed by atoms with E-state index in [9.17, 15) is 0 Å². The van der Waals surface area contributed by atoms with Crippen molar-refractivity contribution >= 4 is 195 Å². The third-order valence-electron chi connectivity index (χ3n) is 31.5. The standard InChI is InChI=1S/2C50H32N2.C44H28N2/c1-4-14-33(15-5-1)35-24-26-40-41-27-25-37(31-45(41)39-21-11-10-20-38(39)44(40)30-35)52-47-23-13-12-22-42(47)43-28-29-48-46(50(43)52)32-49(34-16-6-2-7-17-34)51(48)36-18-8-3-9-19-36;1-3-13-34(14-4-1)49-32-46-48(51(49)36-15-5-2-6-16-36)30-29-44-43-21-11-12-22-47(43)52(50(44)46)37-26-23-33(24-27-37)35-25-28-42-40-19-8-7-17-38(40)39-18-9-10-20-41(39)45(42)31-35;1-3-13-29(14-4-1)43-28-40-42(45(43)30-15-5-2-6-16-30)26-25-38-37-21-11-12-22-41(37)46(44(38)40)31-23-24-36-34-19-8-7-17-32(34)33-18-9-10-20-35(33)39(36)27-31/h2*1-32H;1-28H. The number of nitrogens with zero attached hydrogens (tertiary/aromatic N) is 6. The van der Waals surface area contributed by atoms with Gasteiger partial charge in [-0.05, 0) is 275 Å². The maximum absolute atomic E-state index is 2.49. The van der Waals surface area contributed by atoms with Crippen LogP contribution in [0.15, 0.2) is 558 Å². The van der Waals surface area contributed by atoms with Crippen LogP contribution in [0.3, 0.4) is 0 Å². The molecule has 32 rings (SSSR count). The number of hydrogen-bond acceptors (Lipinski definition) is 0. The van der Waals surface area contributed by atoms with Crippen molar-refractivity contribution in [1.29, 1.82) is 0 Å². The number of benzene rings is 26. The highest BCUT2D eigenvalue weighted by Crippen LogP contribution is 2.50.